The Morgan fingerprint density at radius 3 is 2.95 bits per heavy atom. The highest BCUT2D eigenvalue weighted by atomic mass is 16.3. The van der Waals surface area contributed by atoms with Crippen LogP contribution in [0.4, 0.5) is 0 Å². The van der Waals surface area contributed by atoms with E-state index in [0.29, 0.717) is 12.3 Å². The van der Waals surface area contributed by atoms with Crippen molar-refractivity contribution in [2.45, 2.75) is 32.1 Å². The highest BCUT2D eigenvalue weighted by Gasteiger charge is 2.23. The van der Waals surface area contributed by atoms with Crippen molar-refractivity contribution in [2.24, 2.45) is 5.92 Å². The maximum Gasteiger partial charge on any atom is 0.220 e. The molecule has 3 rings (SSSR count). The maximum atomic E-state index is 11.5. The summed E-state index contributed by atoms with van der Waals surface area (Å²) in [6.07, 6.45) is 4.97. The highest BCUT2D eigenvalue weighted by molar-refractivity contribution is 5.77. The van der Waals surface area contributed by atoms with Gasteiger partial charge < -0.3 is 9.73 Å². The third-order valence-electron chi connectivity index (χ3n) is 3.57. The Morgan fingerprint density at radius 1 is 1.32 bits per heavy atom. The van der Waals surface area contributed by atoms with Crippen LogP contribution in [0.25, 0.3) is 11.0 Å². The summed E-state index contributed by atoms with van der Waals surface area (Å²) >= 11 is 0. The molecule has 0 spiro atoms. The van der Waals surface area contributed by atoms with E-state index < -0.39 is 0 Å². The van der Waals surface area contributed by atoms with Crippen molar-refractivity contribution < 1.29 is 9.21 Å². The minimum Gasteiger partial charge on any atom is -0.461 e. The molecule has 1 saturated carbocycles. The molecule has 0 bridgehead atoms. The van der Waals surface area contributed by atoms with Crippen molar-refractivity contribution >= 4 is 16.9 Å². The van der Waals surface area contributed by atoms with Gasteiger partial charge in [-0.1, -0.05) is 18.2 Å². The lowest BCUT2D eigenvalue weighted by Gasteiger charge is -2.03. The molecule has 1 N–H and O–H groups in total. The molecule has 1 aliphatic carbocycles. The van der Waals surface area contributed by atoms with Gasteiger partial charge in [0.1, 0.15) is 11.3 Å². The Hall–Kier alpha value is -1.77. The van der Waals surface area contributed by atoms with E-state index in [1.165, 1.54) is 12.8 Å². The van der Waals surface area contributed by atoms with Gasteiger partial charge in [-0.25, -0.2) is 0 Å². The second kappa shape index (κ2) is 5.47. The quantitative estimate of drug-likeness (QED) is 0.807. The van der Waals surface area contributed by atoms with Crippen LogP contribution >= 0.6 is 0 Å². The summed E-state index contributed by atoms with van der Waals surface area (Å²) in [5.41, 5.74) is 0.940. The van der Waals surface area contributed by atoms with E-state index in [9.17, 15) is 4.79 Å². The number of furan rings is 1. The molecule has 3 heteroatoms. The van der Waals surface area contributed by atoms with E-state index >= 15 is 0 Å². The van der Waals surface area contributed by atoms with Gasteiger partial charge in [0, 0.05) is 24.8 Å². The van der Waals surface area contributed by atoms with Gasteiger partial charge in [0.15, 0.2) is 0 Å². The van der Waals surface area contributed by atoms with Gasteiger partial charge in [-0.05, 0) is 37.3 Å². The van der Waals surface area contributed by atoms with Gasteiger partial charge in [-0.15, -0.1) is 0 Å². The number of carbonyl (C=O) groups is 1. The summed E-state index contributed by atoms with van der Waals surface area (Å²) in [6, 6.07) is 10.1. The van der Waals surface area contributed by atoms with Crippen LogP contribution in [0.2, 0.25) is 0 Å². The maximum absolute atomic E-state index is 11.5. The van der Waals surface area contributed by atoms with E-state index in [0.717, 1.165) is 36.1 Å². The van der Waals surface area contributed by atoms with E-state index in [-0.39, 0.29) is 5.91 Å². The average molecular weight is 257 g/mol. The first-order valence-electron chi connectivity index (χ1n) is 7.05. The fourth-order valence-electron chi connectivity index (χ4n) is 2.31. The number of hydrogen-bond donors (Lipinski definition) is 1. The molecule has 1 amide bonds. The molecule has 0 radical (unpaired) electrons. The zero-order valence-corrected chi connectivity index (χ0v) is 11.0. The van der Waals surface area contributed by atoms with Crippen LogP contribution in [0.3, 0.4) is 0 Å². The van der Waals surface area contributed by atoms with Crippen molar-refractivity contribution in [3.8, 4) is 0 Å². The highest BCUT2D eigenvalue weighted by Crippen LogP contribution is 2.32. The van der Waals surface area contributed by atoms with Gasteiger partial charge in [-0.3, -0.25) is 4.79 Å². The van der Waals surface area contributed by atoms with Crippen LogP contribution in [-0.2, 0) is 11.2 Å². The molecular weight excluding hydrogens is 238 g/mol. The molecule has 100 valence electrons. The number of fused-ring (bicyclic) bond motifs is 1. The monoisotopic (exact) mass is 257 g/mol. The van der Waals surface area contributed by atoms with E-state index in [4.69, 9.17) is 4.42 Å². The topological polar surface area (TPSA) is 42.2 Å². The number of benzene rings is 1. The summed E-state index contributed by atoms with van der Waals surface area (Å²) < 4.78 is 5.74. The molecule has 0 aliphatic heterocycles. The first-order valence-corrected chi connectivity index (χ1v) is 7.05. The van der Waals surface area contributed by atoms with E-state index in [1.54, 1.807) is 0 Å². The smallest absolute Gasteiger partial charge is 0.220 e. The Balaban J connectivity index is 1.42. The fraction of sp³-hybridized carbons (Fsp3) is 0.438. The third kappa shape index (κ3) is 3.37. The Kier molecular flexibility index (Phi) is 3.53. The van der Waals surface area contributed by atoms with Crippen molar-refractivity contribution in [1.82, 2.24) is 5.32 Å². The summed E-state index contributed by atoms with van der Waals surface area (Å²) in [5, 5.41) is 4.13. The third-order valence-corrected chi connectivity index (χ3v) is 3.57. The number of aryl methyl sites for hydroxylation is 1. The predicted molar refractivity (Wildman–Crippen MR) is 74.9 cm³/mol. The van der Waals surface area contributed by atoms with Gasteiger partial charge in [-0.2, -0.15) is 0 Å². The number of carbonyl (C=O) groups excluding carboxylic acids is 1. The molecule has 0 saturated heterocycles. The zero-order valence-electron chi connectivity index (χ0n) is 11.0. The van der Waals surface area contributed by atoms with Crippen molar-refractivity contribution in [3.05, 3.63) is 36.1 Å². The molecule has 1 aromatic heterocycles. The second-order valence-corrected chi connectivity index (χ2v) is 5.35. The summed E-state index contributed by atoms with van der Waals surface area (Å²) in [4.78, 5) is 11.5. The number of hydrogen-bond acceptors (Lipinski definition) is 2. The van der Waals surface area contributed by atoms with Gasteiger partial charge in [0.25, 0.3) is 0 Å². The largest absolute Gasteiger partial charge is 0.461 e. The van der Waals surface area contributed by atoms with Crippen LogP contribution in [0, 0.1) is 5.92 Å². The number of nitrogens with one attached hydrogen (secondary N) is 1. The van der Waals surface area contributed by atoms with E-state index in [1.807, 2.05) is 18.2 Å². The molecule has 2 aromatic rings. The molecule has 1 fully saturated rings. The Morgan fingerprint density at radius 2 is 2.16 bits per heavy atom. The van der Waals surface area contributed by atoms with Crippen LogP contribution in [0.15, 0.2) is 34.7 Å². The molecule has 1 aromatic carbocycles. The van der Waals surface area contributed by atoms with Crippen molar-refractivity contribution in [3.63, 3.8) is 0 Å². The molecule has 19 heavy (non-hydrogen) atoms. The lowest BCUT2D eigenvalue weighted by molar-refractivity contribution is -0.121. The van der Waals surface area contributed by atoms with Gasteiger partial charge in [0.05, 0.1) is 0 Å². The molecule has 0 atom stereocenters. The van der Waals surface area contributed by atoms with Crippen molar-refractivity contribution in [2.75, 3.05) is 6.54 Å². The van der Waals surface area contributed by atoms with Crippen LogP contribution in [0.5, 0.6) is 0 Å². The Labute approximate surface area is 113 Å². The zero-order chi connectivity index (χ0) is 13.1. The molecule has 1 aliphatic rings. The predicted octanol–water partition coefficient (Wildman–Crippen LogP) is 3.28. The summed E-state index contributed by atoms with van der Waals surface area (Å²) in [5.74, 6) is 1.86. The summed E-state index contributed by atoms with van der Waals surface area (Å²) in [7, 11) is 0. The molecule has 0 unspecified atom stereocenters. The van der Waals surface area contributed by atoms with Crippen LogP contribution in [-0.4, -0.2) is 12.5 Å². The Bertz CT molecular complexity index is 536. The molecule has 1 heterocycles. The number of rotatable bonds is 6. The average Bonchev–Trinajstić information content (AvgIpc) is 3.11. The standard InChI is InChI=1S/C16H19NO2/c18-16(10-12-7-8-12)17-9-3-5-14-11-13-4-1-2-6-15(13)19-14/h1-2,4,6,11-12H,3,5,7-10H2,(H,17,18). The first kappa shape index (κ1) is 12.3. The number of amides is 1. The molecular formula is C16H19NO2. The summed E-state index contributed by atoms with van der Waals surface area (Å²) in [6.45, 7) is 0.739. The van der Waals surface area contributed by atoms with Crippen molar-refractivity contribution in [1.29, 1.82) is 0 Å². The van der Waals surface area contributed by atoms with Gasteiger partial charge >= 0.3 is 0 Å². The van der Waals surface area contributed by atoms with E-state index in [2.05, 4.69) is 17.4 Å². The molecule has 3 nitrogen and oxygen atoms in total. The first-order chi connectivity index (χ1) is 9.31. The lowest BCUT2D eigenvalue weighted by Crippen LogP contribution is -2.24. The SMILES string of the molecule is O=C(CC1CC1)NCCCc1cc2ccccc2o1. The fourth-order valence-corrected chi connectivity index (χ4v) is 2.31. The second-order valence-electron chi connectivity index (χ2n) is 5.35. The van der Waals surface area contributed by atoms with Gasteiger partial charge in [0.2, 0.25) is 5.91 Å². The minimum absolute atomic E-state index is 0.201. The number of para-hydroxylation sites is 1. The normalized spacial score (nSPS) is 14.7. The lowest BCUT2D eigenvalue weighted by atomic mass is 10.2. The van der Waals surface area contributed by atoms with Crippen LogP contribution in [0.1, 0.15) is 31.4 Å². The minimum atomic E-state index is 0.201. The van der Waals surface area contributed by atoms with Crippen LogP contribution < -0.4 is 5.32 Å².